The van der Waals surface area contributed by atoms with Crippen molar-refractivity contribution in [2.24, 2.45) is 0 Å². The first-order valence-electron chi connectivity index (χ1n) is 2.60. The van der Waals surface area contributed by atoms with Crippen LogP contribution in [0, 0.1) is 5.21 Å². The van der Waals surface area contributed by atoms with Crippen molar-refractivity contribution in [3.8, 4) is 0 Å². The lowest BCUT2D eigenvalue weighted by Gasteiger charge is -2.43. The summed E-state index contributed by atoms with van der Waals surface area (Å²) in [5.74, 6) is 0. The highest BCUT2D eigenvalue weighted by Gasteiger charge is 2.20. The molecule has 1 rings (SSSR count). The van der Waals surface area contributed by atoms with Gasteiger partial charge in [-0.05, 0) is 0 Å². The van der Waals surface area contributed by atoms with Crippen LogP contribution in [0.25, 0.3) is 0 Å². The van der Waals surface area contributed by atoms with Gasteiger partial charge in [0.1, 0.15) is 0 Å². The second-order valence-electron chi connectivity index (χ2n) is 1.99. The fourth-order valence-corrected chi connectivity index (χ4v) is 0.704. The maximum absolute atomic E-state index is 10.2. The summed E-state index contributed by atoms with van der Waals surface area (Å²) in [6, 6.07) is -0.153. The molecule has 0 bridgehead atoms. The molecule has 0 saturated carbocycles. The van der Waals surface area contributed by atoms with Gasteiger partial charge in [0.15, 0.2) is 0 Å². The molecule has 2 N–H and O–H groups in total. The number of nitrogens with zero attached hydrogens (tertiary/aromatic N) is 1. The second-order valence-corrected chi connectivity index (χ2v) is 1.99. The number of carboxylic acid groups (broad SMARTS) is 1. The Morgan fingerprint density at radius 3 is 2.67 bits per heavy atom. The molecule has 0 aliphatic carbocycles. The highest BCUT2D eigenvalue weighted by molar-refractivity contribution is 5.65. The van der Waals surface area contributed by atoms with Crippen molar-refractivity contribution < 1.29 is 9.90 Å². The molecule has 5 heteroatoms. The number of hydrogen-bond donors (Lipinski definition) is 2. The summed E-state index contributed by atoms with van der Waals surface area (Å²) in [4.78, 5) is 9.88. The van der Waals surface area contributed by atoms with Crippen molar-refractivity contribution in [3.63, 3.8) is 0 Å². The summed E-state index contributed by atoms with van der Waals surface area (Å²) < 4.78 is 0. The first-order chi connectivity index (χ1) is 4.18. The lowest BCUT2D eigenvalue weighted by molar-refractivity contribution is 0.155. The predicted molar refractivity (Wildman–Crippen MR) is 29.9 cm³/mol. The lowest BCUT2D eigenvalue weighted by Crippen LogP contribution is -2.56. The van der Waals surface area contributed by atoms with Crippen LogP contribution in [0.2, 0.25) is 0 Å². The Morgan fingerprint density at radius 1 is 1.78 bits per heavy atom. The normalized spacial score (nSPS) is 21.0. The monoisotopic (exact) mass is 131 g/mol. The molecule has 1 aliphatic rings. The maximum Gasteiger partial charge on any atom is 0.404 e. The Hall–Kier alpha value is -0.810. The van der Waals surface area contributed by atoms with Crippen LogP contribution in [0.15, 0.2) is 0 Å². The minimum Gasteiger partial charge on any atom is -0.785 e. The zero-order valence-corrected chi connectivity index (χ0v) is 4.70. The van der Waals surface area contributed by atoms with Crippen molar-refractivity contribution >= 4 is 6.09 Å². The highest BCUT2D eigenvalue weighted by Crippen LogP contribution is 2.03. The summed E-state index contributed by atoms with van der Waals surface area (Å²) in [5.41, 5.74) is 0. The predicted octanol–water partition coefficient (Wildman–Crippen LogP) is -0.564. The van der Waals surface area contributed by atoms with Gasteiger partial charge in [-0.25, -0.2) is 4.79 Å². The number of nitrogens with one attached hydrogen (secondary N) is 1. The third kappa shape index (κ3) is 1.55. The van der Waals surface area contributed by atoms with Crippen LogP contribution >= 0.6 is 0 Å². The third-order valence-corrected chi connectivity index (χ3v) is 1.18. The SMILES string of the molecule is O=C(O)NC1CN([O-])C1. The fraction of sp³-hybridized carbons (Fsp3) is 0.750. The number of hydrogen-bond acceptors (Lipinski definition) is 3. The molecule has 52 valence electrons. The minimum absolute atomic E-state index is 0.153. The average molecular weight is 131 g/mol. The molecule has 0 spiro atoms. The summed E-state index contributed by atoms with van der Waals surface area (Å²) in [6.07, 6.45) is -1.06. The van der Waals surface area contributed by atoms with E-state index in [9.17, 15) is 10.0 Å². The van der Waals surface area contributed by atoms with Crippen LogP contribution < -0.4 is 5.32 Å². The van der Waals surface area contributed by atoms with Crippen molar-refractivity contribution in [1.29, 1.82) is 0 Å². The molecule has 1 saturated heterocycles. The van der Waals surface area contributed by atoms with E-state index < -0.39 is 6.09 Å². The zero-order valence-electron chi connectivity index (χ0n) is 4.70. The largest absolute Gasteiger partial charge is 0.785 e. The molecule has 0 atom stereocenters. The lowest BCUT2D eigenvalue weighted by atomic mass is 10.2. The van der Waals surface area contributed by atoms with E-state index in [1.165, 1.54) is 0 Å². The number of hydroxylamine groups is 2. The van der Waals surface area contributed by atoms with Gasteiger partial charge >= 0.3 is 6.09 Å². The molecule has 0 aromatic carbocycles. The van der Waals surface area contributed by atoms with Crippen LogP contribution in [0.1, 0.15) is 0 Å². The van der Waals surface area contributed by atoms with Gasteiger partial charge in [-0.15, -0.1) is 0 Å². The van der Waals surface area contributed by atoms with Gasteiger partial charge < -0.3 is 20.7 Å². The van der Waals surface area contributed by atoms with Crippen LogP contribution in [0.5, 0.6) is 0 Å². The van der Waals surface area contributed by atoms with E-state index in [0.717, 1.165) is 5.06 Å². The Bertz CT molecular complexity index is 121. The molecule has 1 heterocycles. The van der Waals surface area contributed by atoms with Gasteiger partial charge in [0.2, 0.25) is 0 Å². The van der Waals surface area contributed by atoms with E-state index in [1.807, 2.05) is 0 Å². The van der Waals surface area contributed by atoms with Gasteiger partial charge in [0.05, 0.1) is 6.04 Å². The number of amides is 1. The van der Waals surface area contributed by atoms with Gasteiger partial charge in [-0.2, -0.15) is 0 Å². The molecule has 1 fully saturated rings. The van der Waals surface area contributed by atoms with Crippen LogP contribution in [0.4, 0.5) is 4.79 Å². The summed E-state index contributed by atoms with van der Waals surface area (Å²) >= 11 is 0. The van der Waals surface area contributed by atoms with Crippen LogP contribution in [0.3, 0.4) is 0 Å². The second kappa shape index (κ2) is 2.20. The molecule has 0 unspecified atom stereocenters. The molecule has 5 nitrogen and oxygen atoms in total. The number of carbonyl (C=O) groups is 1. The Labute approximate surface area is 51.8 Å². The minimum atomic E-state index is -1.06. The highest BCUT2D eigenvalue weighted by atomic mass is 16.5. The molecule has 1 amide bonds. The van der Waals surface area contributed by atoms with E-state index in [1.54, 1.807) is 0 Å². The van der Waals surface area contributed by atoms with Crippen molar-refractivity contribution in [2.75, 3.05) is 13.1 Å². The average Bonchev–Trinajstić information content (AvgIpc) is 1.60. The van der Waals surface area contributed by atoms with Gasteiger partial charge in [-0.3, -0.25) is 0 Å². The molecule has 0 radical (unpaired) electrons. The van der Waals surface area contributed by atoms with E-state index in [4.69, 9.17) is 5.11 Å². The fourth-order valence-electron chi connectivity index (χ4n) is 0.704. The molecular weight excluding hydrogens is 124 g/mol. The van der Waals surface area contributed by atoms with E-state index in [0.29, 0.717) is 0 Å². The summed E-state index contributed by atoms with van der Waals surface area (Å²) in [5, 5.41) is 21.3. The van der Waals surface area contributed by atoms with Crippen molar-refractivity contribution in [3.05, 3.63) is 5.21 Å². The van der Waals surface area contributed by atoms with Gasteiger partial charge in [0.25, 0.3) is 0 Å². The number of rotatable bonds is 1. The van der Waals surface area contributed by atoms with Crippen molar-refractivity contribution in [1.82, 2.24) is 10.4 Å². The zero-order chi connectivity index (χ0) is 6.85. The standard InChI is InChI=1S/C4H7N2O3/c7-4(8)5-3-1-6(9)2-3/h3,5H,1-2H2,(H,7,8)/q-1. The smallest absolute Gasteiger partial charge is 0.404 e. The van der Waals surface area contributed by atoms with E-state index >= 15 is 0 Å². The molecule has 0 aromatic heterocycles. The first kappa shape index (κ1) is 6.31. The van der Waals surface area contributed by atoms with Crippen LogP contribution in [-0.4, -0.2) is 35.4 Å². The van der Waals surface area contributed by atoms with Gasteiger partial charge in [-0.1, -0.05) is 0 Å². The molecule has 0 aromatic rings. The summed E-state index contributed by atoms with van der Waals surface area (Å²) in [6.45, 7) is 0.568. The Kier molecular flexibility index (Phi) is 1.54. The van der Waals surface area contributed by atoms with E-state index in [-0.39, 0.29) is 19.1 Å². The maximum atomic E-state index is 10.2. The Balaban J connectivity index is 2.11. The van der Waals surface area contributed by atoms with Crippen LogP contribution in [-0.2, 0) is 0 Å². The third-order valence-electron chi connectivity index (χ3n) is 1.18. The molecule has 1 aliphatic heterocycles. The molecule has 9 heavy (non-hydrogen) atoms. The first-order valence-corrected chi connectivity index (χ1v) is 2.60. The van der Waals surface area contributed by atoms with Crippen molar-refractivity contribution in [2.45, 2.75) is 6.04 Å². The van der Waals surface area contributed by atoms with E-state index in [2.05, 4.69) is 5.32 Å². The van der Waals surface area contributed by atoms with Gasteiger partial charge in [0, 0.05) is 13.1 Å². The Morgan fingerprint density at radius 2 is 2.33 bits per heavy atom. The quantitative estimate of drug-likeness (QED) is 0.500. The topological polar surface area (TPSA) is 75.6 Å². The summed E-state index contributed by atoms with van der Waals surface area (Å²) in [7, 11) is 0. The molecular formula is C4H7N2O3-.